The number of aliphatic hydroxyl groups is 2. The van der Waals surface area contributed by atoms with Crippen LogP contribution in [0, 0.1) is 16.7 Å². The van der Waals surface area contributed by atoms with Crippen molar-refractivity contribution in [1.29, 1.82) is 5.26 Å². The predicted molar refractivity (Wildman–Crippen MR) is 156 cm³/mol. The Morgan fingerprint density at radius 3 is 2.68 bits per heavy atom. The van der Waals surface area contributed by atoms with Gasteiger partial charge in [0.2, 0.25) is 11.5 Å². The largest absolute Gasteiger partial charge is 0.406 e. The highest BCUT2D eigenvalue weighted by Gasteiger charge is 2.90. The van der Waals surface area contributed by atoms with E-state index in [0.29, 0.717) is 0 Å². The van der Waals surface area contributed by atoms with E-state index in [-0.39, 0.29) is 53.7 Å². The second kappa shape index (κ2) is 11.3. The van der Waals surface area contributed by atoms with Gasteiger partial charge in [-0.2, -0.15) is 10.2 Å². The Hall–Kier alpha value is -3.20. The summed E-state index contributed by atoms with van der Waals surface area (Å²) in [6.07, 6.45) is -1.84. The van der Waals surface area contributed by atoms with E-state index in [2.05, 4.69) is 20.2 Å². The highest BCUT2D eigenvalue weighted by molar-refractivity contribution is 8.13. The molecule has 1 aliphatic heterocycles. The Morgan fingerprint density at radius 1 is 1.36 bits per heavy atom. The Balaban J connectivity index is 1.37. The van der Waals surface area contributed by atoms with Crippen molar-refractivity contribution in [3.63, 3.8) is 0 Å². The van der Waals surface area contributed by atoms with Gasteiger partial charge >= 0.3 is 7.75 Å². The van der Waals surface area contributed by atoms with Crippen molar-refractivity contribution in [3.05, 3.63) is 47.8 Å². The third kappa shape index (κ3) is 5.15. The Labute approximate surface area is 255 Å². The van der Waals surface area contributed by atoms with E-state index in [9.17, 15) is 24.8 Å². The first-order valence-electron chi connectivity index (χ1n) is 13.4. The molecule has 0 radical (unpaired) electrons. The van der Waals surface area contributed by atoms with E-state index < -0.39 is 42.2 Å². The van der Waals surface area contributed by atoms with Crippen LogP contribution >= 0.6 is 19.5 Å². The molecule has 5 rings (SSSR count). The third-order valence-corrected chi connectivity index (χ3v) is 10.5. The fraction of sp³-hybridized carbons (Fsp3) is 0.500. The molecule has 6 atom stereocenters. The van der Waals surface area contributed by atoms with Crippen molar-refractivity contribution in [2.45, 2.75) is 56.4 Å². The molecule has 2 aromatic heterocycles. The van der Waals surface area contributed by atoms with E-state index in [0.717, 1.165) is 35.0 Å². The first-order valence-corrected chi connectivity index (χ1v) is 16.0. The number of nitrogen functional groups attached to an aromatic ring is 2. The number of carbonyl (C=O) groups is 1. The topological polar surface area (TPSA) is 233 Å². The van der Waals surface area contributed by atoms with Gasteiger partial charge in [-0.15, -0.1) is 5.10 Å². The normalized spacial score (nSPS) is 29.2. The van der Waals surface area contributed by atoms with Crippen LogP contribution in [0.4, 0.5) is 16.2 Å². The Kier molecular flexibility index (Phi) is 8.27. The van der Waals surface area contributed by atoms with Crippen LogP contribution in [0.3, 0.4) is 0 Å². The first kappa shape index (κ1) is 32.2. The lowest BCUT2D eigenvalue weighted by atomic mass is 9.80. The molecule has 0 bridgehead atoms. The highest BCUT2D eigenvalue weighted by Crippen LogP contribution is 2.69. The standard InChI is InChI=1S/C26H32FN8O7PS/c1-23(2,14-36)21(37)44-10-9-40-43(39,32-11-15-7-5-4-6-8-15)42-18-17-26(18,38)24(3,27)25(13-28,41-17)16-12-31-20-19(29)33-22(30)34-35(16)20/h4-8,12,17-18,36,38H,9-11,14H2,1-3H3,(H,32,39)(H4,29,30,33,34). The summed E-state index contributed by atoms with van der Waals surface area (Å²) < 4.78 is 48.9. The Bertz CT molecular complexity index is 1670. The van der Waals surface area contributed by atoms with E-state index in [1.54, 1.807) is 50.2 Å². The lowest BCUT2D eigenvalue weighted by Crippen LogP contribution is -2.54. The van der Waals surface area contributed by atoms with E-state index in [1.165, 1.54) is 0 Å². The number of imidazole rings is 1. The molecular weight excluding hydrogens is 618 g/mol. The summed E-state index contributed by atoms with van der Waals surface area (Å²) in [4.78, 5) is 20.2. The van der Waals surface area contributed by atoms with Gasteiger partial charge in [-0.05, 0) is 26.3 Å². The monoisotopic (exact) mass is 650 g/mol. The lowest BCUT2D eigenvalue weighted by molar-refractivity contribution is -0.124. The number of hydrogen-bond donors (Lipinski definition) is 5. The number of rotatable bonds is 12. The molecule has 2 aliphatic rings. The summed E-state index contributed by atoms with van der Waals surface area (Å²) in [7, 11) is -4.29. The molecule has 0 amide bonds. The lowest BCUT2D eigenvalue weighted by Gasteiger charge is -2.36. The molecule has 1 aromatic carbocycles. The number of fused-ring (bicyclic) bond motifs is 2. The van der Waals surface area contributed by atoms with Gasteiger partial charge in [0.25, 0.3) is 0 Å². The van der Waals surface area contributed by atoms with Crippen LogP contribution in [-0.4, -0.2) is 77.4 Å². The number of thioether (sulfide) groups is 1. The zero-order valence-corrected chi connectivity index (χ0v) is 25.7. The predicted octanol–water partition coefficient (Wildman–Crippen LogP) is 1.46. The molecule has 1 saturated heterocycles. The zero-order chi connectivity index (χ0) is 32.1. The van der Waals surface area contributed by atoms with Crippen LogP contribution in [0.2, 0.25) is 0 Å². The zero-order valence-electron chi connectivity index (χ0n) is 24.0. The van der Waals surface area contributed by atoms with Gasteiger partial charge in [-0.25, -0.2) is 23.5 Å². The van der Waals surface area contributed by atoms with Crippen molar-refractivity contribution in [1.82, 2.24) is 24.7 Å². The molecule has 0 spiro atoms. The van der Waals surface area contributed by atoms with E-state index in [1.807, 2.05) is 0 Å². The molecule has 1 aliphatic carbocycles. The number of benzene rings is 1. The van der Waals surface area contributed by atoms with Gasteiger partial charge < -0.3 is 26.4 Å². The summed E-state index contributed by atoms with van der Waals surface area (Å²) in [5.74, 6) is -0.325. The summed E-state index contributed by atoms with van der Waals surface area (Å²) in [5, 5.41) is 37.6. The molecule has 15 nitrogen and oxygen atoms in total. The average molecular weight is 651 g/mol. The van der Waals surface area contributed by atoms with Crippen molar-refractivity contribution in [2.75, 3.05) is 30.4 Å². The van der Waals surface area contributed by atoms with E-state index >= 15 is 4.39 Å². The van der Waals surface area contributed by atoms with E-state index in [4.69, 9.17) is 25.3 Å². The van der Waals surface area contributed by atoms with Crippen molar-refractivity contribution in [3.8, 4) is 6.07 Å². The number of alkyl halides is 1. The maximum atomic E-state index is 16.8. The summed E-state index contributed by atoms with van der Waals surface area (Å²) >= 11 is 0.883. The molecular formula is C26H32FN8O7PS. The minimum Gasteiger partial charge on any atom is -0.395 e. The molecule has 236 valence electrons. The number of aliphatic hydroxyl groups excluding tert-OH is 1. The smallest absolute Gasteiger partial charge is 0.395 e. The van der Waals surface area contributed by atoms with Gasteiger partial charge in [0.05, 0.1) is 24.8 Å². The van der Waals surface area contributed by atoms with Crippen LogP contribution in [0.5, 0.6) is 0 Å². The number of halogens is 1. The highest BCUT2D eigenvalue weighted by atomic mass is 32.2. The summed E-state index contributed by atoms with van der Waals surface area (Å²) in [6, 6.07) is 10.7. The molecule has 3 heterocycles. The molecule has 2 fully saturated rings. The van der Waals surface area contributed by atoms with Crippen LogP contribution in [-0.2, 0) is 35.3 Å². The fourth-order valence-corrected chi connectivity index (χ4v) is 7.40. The van der Waals surface area contributed by atoms with Crippen LogP contribution in [0.1, 0.15) is 32.0 Å². The molecule has 44 heavy (non-hydrogen) atoms. The maximum absolute atomic E-state index is 16.8. The minimum atomic E-state index is -4.29. The number of nitrogens with two attached hydrogens (primary N) is 2. The fourth-order valence-electron chi connectivity index (χ4n) is 4.97. The molecule has 18 heteroatoms. The second-order valence-corrected chi connectivity index (χ2v) is 14.1. The average Bonchev–Trinajstić information content (AvgIpc) is 3.24. The molecule has 6 unspecified atom stereocenters. The van der Waals surface area contributed by atoms with Crippen molar-refractivity contribution in [2.24, 2.45) is 5.41 Å². The number of nitrogens with zero attached hydrogens (tertiary/aromatic N) is 5. The first-order chi connectivity index (χ1) is 20.7. The summed E-state index contributed by atoms with van der Waals surface area (Å²) in [5.41, 5.74) is 3.34. The van der Waals surface area contributed by atoms with Crippen LogP contribution in [0.15, 0.2) is 36.5 Å². The van der Waals surface area contributed by atoms with Crippen LogP contribution in [0.25, 0.3) is 5.65 Å². The van der Waals surface area contributed by atoms with Gasteiger partial charge in [0.1, 0.15) is 24.0 Å². The number of aromatic nitrogens is 4. The number of ether oxygens (including phenoxy) is 1. The number of carbonyl (C=O) groups excluding carboxylic acids is 1. The molecule has 3 aromatic rings. The number of nitriles is 1. The number of anilines is 2. The maximum Gasteiger partial charge on any atom is 0.406 e. The molecule has 7 N–H and O–H groups in total. The minimum absolute atomic E-state index is 0.00895. The quantitative estimate of drug-likeness (QED) is 0.138. The number of hydrogen-bond acceptors (Lipinski definition) is 14. The van der Waals surface area contributed by atoms with Crippen molar-refractivity contribution < 1.29 is 37.7 Å². The SMILES string of the molecule is CC(C)(CO)C(=O)SCCOP(=O)(NCc1ccccc1)OC1C2OC(C#N)(c3cnc4c(N)nc(N)nn34)C(C)(F)C21O. The van der Waals surface area contributed by atoms with Gasteiger partial charge in [-0.1, -0.05) is 42.1 Å². The van der Waals surface area contributed by atoms with Gasteiger partial charge in [0, 0.05) is 12.3 Å². The third-order valence-electron chi connectivity index (χ3n) is 7.77. The van der Waals surface area contributed by atoms with Gasteiger partial charge in [0.15, 0.2) is 27.9 Å². The molecule has 1 saturated carbocycles. The number of nitrogens with one attached hydrogen (secondary N) is 1. The van der Waals surface area contributed by atoms with Crippen molar-refractivity contribution >= 4 is 42.0 Å². The summed E-state index contributed by atoms with van der Waals surface area (Å²) in [6.45, 7) is 3.58. The van der Waals surface area contributed by atoms with Crippen LogP contribution < -0.4 is 16.6 Å². The Morgan fingerprint density at radius 2 is 2.07 bits per heavy atom. The second-order valence-electron chi connectivity index (χ2n) is 11.2. The van der Waals surface area contributed by atoms with Gasteiger partial charge in [-0.3, -0.25) is 13.8 Å².